The van der Waals surface area contributed by atoms with Crippen molar-refractivity contribution in [2.45, 2.75) is 0 Å². The Hall–Kier alpha value is -0.120. The first-order valence-electron chi connectivity index (χ1n) is 2.28. The molecule has 1 N–H and O–H groups in total. The van der Waals surface area contributed by atoms with Gasteiger partial charge < -0.3 is 5.32 Å². The van der Waals surface area contributed by atoms with Crippen LogP contribution in [0.3, 0.4) is 0 Å². The molecule has 7 heavy (non-hydrogen) atoms. The highest BCUT2D eigenvalue weighted by atomic mass is 16.3. The predicted octanol–water partition coefficient (Wildman–Crippen LogP) is -0.563. The van der Waals surface area contributed by atoms with Gasteiger partial charge in [0, 0.05) is 13.1 Å². The Labute approximate surface area is 43.0 Å². The third kappa shape index (κ3) is 5.88. The molecule has 3 heteroatoms. The fourth-order valence-electron chi connectivity index (χ4n) is 0.269. The monoisotopic (exact) mass is 103 g/mol. The van der Waals surface area contributed by atoms with Crippen LogP contribution in [0.15, 0.2) is 0 Å². The molecule has 0 unspecified atom stereocenters. The summed E-state index contributed by atoms with van der Waals surface area (Å²) in [6, 6.07) is 0. The summed E-state index contributed by atoms with van der Waals surface area (Å²) in [5.74, 6) is 0. The zero-order chi connectivity index (χ0) is 5.54. The number of hydrogen-bond acceptors (Lipinski definition) is 1. The summed E-state index contributed by atoms with van der Waals surface area (Å²) < 4.78 is 0. The van der Waals surface area contributed by atoms with E-state index in [9.17, 15) is 10.2 Å². The fourth-order valence-corrected chi connectivity index (χ4v) is 0.269. The molecule has 2 radical (unpaired) electrons. The van der Waals surface area contributed by atoms with E-state index in [0.29, 0.717) is 13.1 Å². The summed E-state index contributed by atoms with van der Waals surface area (Å²) in [4.78, 5) is 0. The average Bonchev–Trinajstić information content (AvgIpc) is 1.69. The summed E-state index contributed by atoms with van der Waals surface area (Å²) >= 11 is 0. The van der Waals surface area contributed by atoms with Crippen LogP contribution in [0.1, 0.15) is 0 Å². The Bertz CT molecular complexity index is 28.9. The lowest BCUT2D eigenvalue weighted by Gasteiger charge is -1.92. The Kier molecular flexibility index (Phi) is 5.78. The SMILES string of the molecule is [O]CCNCC[O]. The third-order valence-electron chi connectivity index (χ3n) is 0.558. The summed E-state index contributed by atoms with van der Waals surface area (Å²) in [7, 11) is 0. The number of nitrogens with one attached hydrogen (secondary N) is 1. The highest BCUT2D eigenvalue weighted by molar-refractivity contribution is 4.39. The summed E-state index contributed by atoms with van der Waals surface area (Å²) in [6.07, 6.45) is 0. The molecule has 0 bridgehead atoms. The normalized spacial score (nSPS) is 9.43. The van der Waals surface area contributed by atoms with Gasteiger partial charge in [0.1, 0.15) is 0 Å². The second kappa shape index (κ2) is 5.88. The summed E-state index contributed by atoms with van der Waals surface area (Å²) in [6.45, 7) is 0.560. The lowest BCUT2D eigenvalue weighted by atomic mass is 10.6. The van der Waals surface area contributed by atoms with Crippen LogP contribution >= 0.6 is 0 Å². The Morgan fingerprint density at radius 1 is 1.00 bits per heavy atom. The van der Waals surface area contributed by atoms with Crippen LogP contribution in [0.25, 0.3) is 0 Å². The maximum absolute atomic E-state index is 9.64. The van der Waals surface area contributed by atoms with Crippen LogP contribution in [-0.4, -0.2) is 26.3 Å². The molecule has 0 spiro atoms. The third-order valence-corrected chi connectivity index (χ3v) is 0.558. The minimum atomic E-state index is -0.139. The molecule has 0 aromatic heterocycles. The molecule has 0 aromatic carbocycles. The van der Waals surface area contributed by atoms with Gasteiger partial charge in [0.25, 0.3) is 0 Å². The zero-order valence-corrected chi connectivity index (χ0v) is 4.14. The van der Waals surface area contributed by atoms with Crippen LogP contribution in [0.2, 0.25) is 0 Å². The molecule has 0 fully saturated rings. The van der Waals surface area contributed by atoms with Crippen LogP contribution in [-0.2, 0) is 10.2 Å². The molecular formula is C4H9NO2. The molecule has 0 aromatic rings. The molecule has 0 aliphatic rings. The van der Waals surface area contributed by atoms with Gasteiger partial charge in [-0.1, -0.05) is 0 Å². The van der Waals surface area contributed by atoms with Gasteiger partial charge in [-0.15, -0.1) is 0 Å². The van der Waals surface area contributed by atoms with Crippen molar-refractivity contribution in [3.8, 4) is 0 Å². The van der Waals surface area contributed by atoms with Crippen LogP contribution in [0, 0.1) is 0 Å². The quantitative estimate of drug-likeness (QED) is 0.476. The van der Waals surface area contributed by atoms with Crippen molar-refractivity contribution in [1.29, 1.82) is 0 Å². The Morgan fingerprint density at radius 2 is 1.43 bits per heavy atom. The van der Waals surface area contributed by atoms with Crippen molar-refractivity contribution in [2.75, 3.05) is 26.3 Å². The molecule has 0 aliphatic carbocycles. The van der Waals surface area contributed by atoms with Gasteiger partial charge in [0.15, 0.2) is 0 Å². The largest absolute Gasteiger partial charge is 0.312 e. The van der Waals surface area contributed by atoms with E-state index in [1.165, 1.54) is 0 Å². The molecule has 42 valence electrons. The van der Waals surface area contributed by atoms with Crippen molar-refractivity contribution in [1.82, 2.24) is 5.32 Å². The van der Waals surface area contributed by atoms with Crippen LogP contribution in [0.4, 0.5) is 0 Å². The van der Waals surface area contributed by atoms with Gasteiger partial charge in [-0.05, 0) is 0 Å². The highest BCUT2D eigenvalue weighted by Gasteiger charge is 1.80. The molecule has 3 nitrogen and oxygen atoms in total. The van der Waals surface area contributed by atoms with E-state index in [0.717, 1.165) is 0 Å². The smallest absolute Gasteiger partial charge is 0.0946 e. The molecule has 0 heterocycles. The van der Waals surface area contributed by atoms with E-state index in [2.05, 4.69) is 5.32 Å². The van der Waals surface area contributed by atoms with Gasteiger partial charge in [-0.2, -0.15) is 0 Å². The van der Waals surface area contributed by atoms with E-state index in [1.54, 1.807) is 0 Å². The Balaban J connectivity index is 2.45. The van der Waals surface area contributed by atoms with E-state index in [1.807, 2.05) is 0 Å². The van der Waals surface area contributed by atoms with Gasteiger partial charge in [-0.25, -0.2) is 10.2 Å². The maximum atomic E-state index is 9.64. The first kappa shape index (κ1) is 6.88. The van der Waals surface area contributed by atoms with Crippen LogP contribution < -0.4 is 5.32 Å². The van der Waals surface area contributed by atoms with Crippen molar-refractivity contribution in [3.63, 3.8) is 0 Å². The second-order valence-corrected chi connectivity index (χ2v) is 1.16. The molecule has 0 amide bonds. The second-order valence-electron chi connectivity index (χ2n) is 1.16. The molecule has 0 aliphatic heterocycles. The minimum Gasteiger partial charge on any atom is -0.312 e. The van der Waals surface area contributed by atoms with Crippen molar-refractivity contribution in [3.05, 3.63) is 0 Å². The van der Waals surface area contributed by atoms with Crippen molar-refractivity contribution >= 4 is 0 Å². The molecular weight excluding hydrogens is 94.0 g/mol. The van der Waals surface area contributed by atoms with Crippen LogP contribution in [0.5, 0.6) is 0 Å². The maximum Gasteiger partial charge on any atom is 0.0946 e. The van der Waals surface area contributed by atoms with Gasteiger partial charge in [-0.3, -0.25) is 0 Å². The first-order valence-corrected chi connectivity index (χ1v) is 2.28. The predicted molar refractivity (Wildman–Crippen MR) is 24.0 cm³/mol. The highest BCUT2D eigenvalue weighted by Crippen LogP contribution is 1.55. The summed E-state index contributed by atoms with van der Waals surface area (Å²) in [5.41, 5.74) is 0. The van der Waals surface area contributed by atoms with E-state index in [-0.39, 0.29) is 13.2 Å². The van der Waals surface area contributed by atoms with Crippen molar-refractivity contribution in [2.24, 2.45) is 0 Å². The average molecular weight is 103 g/mol. The zero-order valence-electron chi connectivity index (χ0n) is 4.14. The fraction of sp³-hybridized carbons (Fsp3) is 1.00. The van der Waals surface area contributed by atoms with Gasteiger partial charge in [0.2, 0.25) is 0 Å². The van der Waals surface area contributed by atoms with Crippen molar-refractivity contribution < 1.29 is 10.2 Å². The van der Waals surface area contributed by atoms with Gasteiger partial charge >= 0.3 is 0 Å². The first-order chi connectivity index (χ1) is 3.41. The Morgan fingerprint density at radius 3 is 1.71 bits per heavy atom. The molecule has 0 saturated heterocycles. The van der Waals surface area contributed by atoms with E-state index < -0.39 is 0 Å². The summed E-state index contributed by atoms with van der Waals surface area (Å²) in [5, 5.41) is 21.9. The molecule has 0 rings (SSSR count). The molecule has 0 atom stereocenters. The van der Waals surface area contributed by atoms with E-state index >= 15 is 0 Å². The lowest BCUT2D eigenvalue weighted by molar-refractivity contribution is 0.174. The number of hydrogen-bond donors (Lipinski definition) is 1. The lowest BCUT2D eigenvalue weighted by Crippen LogP contribution is -2.20. The molecule has 0 saturated carbocycles. The van der Waals surface area contributed by atoms with E-state index in [4.69, 9.17) is 0 Å². The van der Waals surface area contributed by atoms with Gasteiger partial charge in [0.05, 0.1) is 13.2 Å². The number of rotatable bonds is 4. The minimum absolute atomic E-state index is 0.139. The standard InChI is InChI=1S/C4H9NO2/c6-3-1-5-2-4-7/h5H,1-4H2. The topological polar surface area (TPSA) is 51.8 Å².